The topological polar surface area (TPSA) is 69.2 Å². The quantitative estimate of drug-likeness (QED) is 0.840. The van der Waals surface area contributed by atoms with Crippen molar-refractivity contribution in [3.63, 3.8) is 0 Å². The Labute approximate surface area is 113 Å². The van der Waals surface area contributed by atoms with Crippen molar-refractivity contribution in [2.45, 2.75) is 45.1 Å². The van der Waals surface area contributed by atoms with E-state index in [1.807, 2.05) is 4.90 Å². The zero-order valence-corrected chi connectivity index (χ0v) is 11.4. The third-order valence-corrected chi connectivity index (χ3v) is 4.45. The van der Waals surface area contributed by atoms with Gasteiger partial charge in [-0.05, 0) is 39.0 Å². The van der Waals surface area contributed by atoms with Gasteiger partial charge < -0.3 is 10.0 Å². The molecule has 19 heavy (non-hydrogen) atoms. The number of H-pyrrole nitrogens is 1. The van der Waals surface area contributed by atoms with Gasteiger partial charge >= 0.3 is 0 Å². The van der Waals surface area contributed by atoms with Gasteiger partial charge in [-0.25, -0.2) is 0 Å². The number of carbonyl (C=O) groups excluding carboxylic acids is 1. The first-order valence-electron chi connectivity index (χ1n) is 7.20. The molecular formula is C14H21N3O2. The second-order valence-electron chi connectivity index (χ2n) is 5.78. The Morgan fingerprint density at radius 1 is 1.47 bits per heavy atom. The van der Waals surface area contributed by atoms with Crippen LogP contribution in [-0.2, 0) is 12.8 Å². The number of rotatable bonds is 2. The van der Waals surface area contributed by atoms with Gasteiger partial charge in [-0.15, -0.1) is 0 Å². The summed E-state index contributed by atoms with van der Waals surface area (Å²) in [5.74, 6) is 0.237. The number of fused-ring (bicyclic) bond motifs is 1. The fourth-order valence-electron chi connectivity index (χ4n) is 3.17. The standard InChI is InChI=1S/C14H21N3O2/c1-9(18)10-6-7-17(8-10)14(19)13-11-4-2-3-5-12(11)15-16-13/h9-10,18H,2-8H2,1H3,(H,15,16). The van der Waals surface area contributed by atoms with Gasteiger partial charge in [-0.3, -0.25) is 9.89 Å². The third kappa shape index (κ3) is 2.27. The molecule has 2 unspecified atom stereocenters. The van der Waals surface area contributed by atoms with Crippen LogP contribution in [0.5, 0.6) is 0 Å². The van der Waals surface area contributed by atoms with Crippen molar-refractivity contribution in [3.8, 4) is 0 Å². The molecule has 2 aliphatic rings. The summed E-state index contributed by atoms with van der Waals surface area (Å²) in [4.78, 5) is 14.3. The van der Waals surface area contributed by atoms with Crippen molar-refractivity contribution in [2.75, 3.05) is 13.1 Å². The molecule has 1 aliphatic heterocycles. The molecule has 2 heterocycles. The maximum atomic E-state index is 12.5. The highest BCUT2D eigenvalue weighted by molar-refractivity contribution is 5.94. The minimum Gasteiger partial charge on any atom is -0.393 e. The Morgan fingerprint density at radius 2 is 2.26 bits per heavy atom. The summed E-state index contributed by atoms with van der Waals surface area (Å²) in [6.45, 7) is 3.18. The maximum absolute atomic E-state index is 12.5. The Morgan fingerprint density at radius 3 is 3.00 bits per heavy atom. The van der Waals surface area contributed by atoms with Crippen LogP contribution in [0.4, 0.5) is 0 Å². The molecule has 1 amide bonds. The lowest BCUT2D eigenvalue weighted by Gasteiger charge is -2.18. The van der Waals surface area contributed by atoms with Crippen LogP contribution in [0.1, 0.15) is 47.9 Å². The van der Waals surface area contributed by atoms with Gasteiger partial charge in [0.1, 0.15) is 0 Å². The number of amides is 1. The van der Waals surface area contributed by atoms with E-state index < -0.39 is 0 Å². The monoisotopic (exact) mass is 263 g/mol. The largest absolute Gasteiger partial charge is 0.393 e. The van der Waals surface area contributed by atoms with Crippen LogP contribution in [0, 0.1) is 5.92 Å². The van der Waals surface area contributed by atoms with Gasteiger partial charge in [0.2, 0.25) is 0 Å². The molecule has 5 heteroatoms. The number of nitrogens with zero attached hydrogens (tertiary/aromatic N) is 2. The van der Waals surface area contributed by atoms with E-state index >= 15 is 0 Å². The first kappa shape index (κ1) is 12.7. The number of likely N-dealkylation sites (tertiary alicyclic amines) is 1. The lowest BCUT2D eigenvalue weighted by molar-refractivity contribution is 0.0755. The Balaban J connectivity index is 1.76. The van der Waals surface area contributed by atoms with E-state index in [0.29, 0.717) is 12.2 Å². The normalized spacial score (nSPS) is 24.3. The molecule has 1 fully saturated rings. The molecule has 2 N–H and O–H groups in total. The minimum atomic E-state index is -0.342. The van der Waals surface area contributed by atoms with Gasteiger partial charge in [-0.2, -0.15) is 5.10 Å². The molecule has 1 aliphatic carbocycles. The predicted molar refractivity (Wildman–Crippen MR) is 70.9 cm³/mol. The average molecular weight is 263 g/mol. The van der Waals surface area contributed by atoms with Crippen molar-refractivity contribution in [3.05, 3.63) is 17.0 Å². The van der Waals surface area contributed by atoms with Crippen molar-refractivity contribution < 1.29 is 9.90 Å². The molecule has 0 bridgehead atoms. The summed E-state index contributed by atoms with van der Waals surface area (Å²) in [5.41, 5.74) is 2.87. The lowest BCUT2D eigenvalue weighted by atomic mass is 9.95. The zero-order valence-electron chi connectivity index (χ0n) is 11.4. The van der Waals surface area contributed by atoms with Crippen LogP contribution >= 0.6 is 0 Å². The third-order valence-electron chi connectivity index (χ3n) is 4.45. The van der Waals surface area contributed by atoms with Crippen LogP contribution < -0.4 is 0 Å². The van der Waals surface area contributed by atoms with Gasteiger partial charge in [-0.1, -0.05) is 0 Å². The fraction of sp³-hybridized carbons (Fsp3) is 0.714. The van der Waals surface area contributed by atoms with E-state index in [-0.39, 0.29) is 17.9 Å². The van der Waals surface area contributed by atoms with Crippen LogP contribution in [0.25, 0.3) is 0 Å². The van der Waals surface area contributed by atoms with E-state index in [2.05, 4.69) is 10.2 Å². The van der Waals surface area contributed by atoms with Crippen molar-refractivity contribution in [2.24, 2.45) is 5.92 Å². The smallest absolute Gasteiger partial charge is 0.274 e. The number of aromatic amines is 1. The number of carbonyl (C=O) groups is 1. The molecular weight excluding hydrogens is 242 g/mol. The molecule has 1 aromatic rings. The maximum Gasteiger partial charge on any atom is 0.274 e. The molecule has 0 spiro atoms. The molecule has 5 nitrogen and oxygen atoms in total. The van der Waals surface area contributed by atoms with Crippen molar-refractivity contribution >= 4 is 5.91 Å². The number of aryl methyl sites for hydroxylation is 1. The number of aliphatic hydroxyl groups is 1. The number of hydrogen-bond acceptors (Lipinski definition) is 3. The first-order chi connectivity index (χ1) is 9.16. The average Bonchev–Trinajstić information content (AvgIpc) is 3.05. The zero-order chi connectivity index (χ0) is 13.4. The Bertz CT molecular complexity index is 481. The summed E-state index contributed by atoms with van der Waals surface area (Å²) in [6, 6.07) is 0. The van der Waals surface area contributed by atoms with E-state index in [9.17, 15) is 9.90 Å². The molecule has 1 aromatic heterocycles. The highest BCUT2D eigenvalue weighted by Gasteiger charge is 2.32. The lowest BCUT2D eigenvalue weighted by Crippen LogP contribution is -2.31. The van der Waals surface area contributed by atoms with Crippen LogP contribution in [0.15, 0.2) is 0 Å². The molecule has 3 rings (SSSR count). The van der Waals surface area contributed by atoms with Crippen molar-refractivity contribution in [1.82, 2.24) is 15.1 Å². The van der Waals surface area contributed by atoms with E-state index in [4.69, 9.17) is 0 Å². The molecule has 1 saturated heterocycles. The molecule has 0 saturated carbocycles. The second kappa shape index (κ2) is 4.96. The fourth-order valence-corrected chi connectivity index (χ4v) is 3.17. The van der Waals surface area contributed by atoms with E-state index in [0.717, 1.165) is 43.5 Å². The Hall–Kier alpha value is -1.36. The van der Waals surface area contributed by atoms with Crippen LogP contribution in [0.2, 0.25) is 0 Å². The summed E-state index contributed by atoms with van der Waals surface area (Å²) in [7, 11) is 0. The predicted octanol–water partition coefficient (Wildman–Crippen LogP) is 1.13. The summed E-state index contributed by atoms with van der Waals surface area (Å²) < 4.78 is 0. The van der Waals surface area contributed by atoms with Crippen LogP contribution in [0.3, 0.4) is 0 Å². The Kier molecular flexibility index (Phi) is 3.31. The molecule has 2 atom stereocenters. The van der Waals surface area contributed by atoms with Gasteiger partial charge in [0, 0.05) is 30.3 Å². The minimum absolute atomic E-state index is 0.0301. The second-order valence-corrected chi connectivity index (χ2v) is 5.78. The number of aromatic nitrogens is 2. The summed E-state index contributed by atoms with van der Waals surface area (Å²) in [5, 5.41) is 16.9. The van der Waals surface area contributed by atoms with Crippen molar-refractivity contribution in [1.29, 1.82) is 0 Å². The van der Waals surface area contributed by atoms with Crippen LogP contribution in [-0.4, -0.2) is 45.3 Å². The highest BCUT2D eigenvalue weighted by atomic mass is 16.3. The number of hydrogen-bond donors (Lipinski definition) is 2. The SMILES string of the molecule is CC(O)C1CCN(C(=O)c2n[nH]c3c2CCCC3)C1. The summed E-state index contributed by atoms with van der Waals surface area (Å²) >= 11 is 0. The first-order valence-corrected chi connectivity index (χ1v) is 7.20. The molecule has 0 radical (unpaired) electrons. The van der Waals surface area contributed by atoms with Gasteiger partial charge in [0.25, 0.3) is 5.91 Å². The van der Waals surface area contributed by atoms with Gasteiger partial charge in [0.15, 0.2) is 5.69 Å². The molecule has 0 aromatic carbocycles. The number of nitrogens with one attached hydrogen (secondary N) is 1. The molecule has 104 valence electrons. The van der Waals surface area contributed by atoms with E-state index in [1.165, 1.54) is 6.42 Å². The number of aliphatic hydroxyl groups excluding tert-OH is 1. The van der Waals surface area contributed by atoms with E-state index in [1.54, 1.807) is 6.92 Å². The van der Waals surface area contributed by atoms with Gasteiger partial charge in [0.05, 0.1) is 6.10 Å². The highest BCUT2D eigenvalue weighted by Crippen LogP contribution is 2.26. The summed E-state index contributed by atoms with van der Waals surface area (Å²) in [6.07, 6.45) is 4.83.